The largest absolute Gasteiger partial charge is 0.497 e. The van der Waals surface area contributed by atoms with Crippen LogP contribution in [0, 0.1) is 0 Å². The molecule has 0 saturated carbocycles. The third-order valence-electron chi connectivity index (χ3n) is 4.76. The summed E-state index contributed by atoms with van der Waals surface area (Å²) in [4.78, 5) is 16.6. The summed E-state index contributed by atoms with van der Waals surface area (Å²) in [5.74, 6) is 0.933. The zero-order valence-electron chi connectivity index (χ0n) is 15.7. The normalized spacial score (nSPS) is 17.5. The molecule has 144 valence electrons. The van der Waals surface area contributed by atoms with Crippen LogP contribution in [-0.4, -0.2) is 56.1 Å². The van der Waals surface area contributed by atoms with E-state index in [0.29, 0.717) is 19.7 Å². The van der Waals surface area contributed by atoms with E-state index in [4.69, 9.17) is 9.47 Å². The molecule has 1 heterocycles. The molecule has 2 aromatic carbocycles. The maximum atomic E-state index is 12.6. The number of amides is 1. The summed E-state index contributed by atoms with van der Waals surface area (Å²) in [6.07, 6.45) is 0.00606. The number of carbonyl (C=O) groups excluding carboxylic acids is 1. The average molecular weight is 433 g/mol. The minimum atomic E-state index is 0.00606. The van der Waals surface area contributed by atoms with E-state index in [1.165, 1.54) is 0 Å². The lowest BCUT2D eigenvalue weighted by molar-refractivity contribution is -0.133. The number of hydrogen-bond acceptors (Lipinski definition) is 4. The Hall–Kier alpha value is -1.89. The van der Waals surface area contributed by atoms with Crippen LogP contribution >= 0.6 is 15.9 Å². The quantitative estimate of drug-likeness (QED) is 0.700. The van der Waals surface area contributed by atoms with Crippen molar-refractivity contribution in [2.45, 2.75) is 12.6 Å². The highest BCUT2D eigenvalue weighted by Gasteiger charge is 2.24. The molecular formula is C21H25BrN2O3. The third-order valence-corrected chi connectivity index (χ3v) is 5.28. The van der Waals surface area contributed by atoms with Gasteiger partial charge in [-0.2, -0.15) is 0 Å². The monoisotopic (exact) mass is 432 g/mol. The molecule has 0 radical (unpaired) electrons. The van der Waals surface area contributed by atoms with Gasteiger partial charge in [0.1, 0.15) is 5.75 Å². The van der Waals surface area contributed by atoms with Crippen LogP contribution in [0.25, 0.3) is 0 Å². The van der Waals surface area contributed by atoms with E-state index in [2.05, 4.69) is 33.0 Å². The second-order valence-electron chi connectivity index (χ2n) is 6.74. The Balaban J connectivity index is 1.53. The van der Waals surface area contributed by atoms with Crippen LogP contribution in [0.4, 0.5) is 0 Å². The van der Waals surface area contributed by atoms with Crippen LogP contribution in [0.1, 0.15) is 17.2 Å². The molecule has 1 saturated heterocycles. The zero-order chi connectivity index (χ0) is 19.2. The number of benzene rings is 2. The molecule has 0 spiro atoms. The van der Waals surface area contributed by atoms with Gasteiger partial charge in [0.05, 0.1) is 26.4 Å². The molecule has 1 unspecified atom stereocenters. The Morgan fingerprint density at radius 2 is 1.93 bits per heavy atom. The van der Waals surface area contributed by atoms with Crippen molar-refractivity contribution in [3.8, 4) is 5.75 Å². The molecule has 1 aliphatic heterocycles. The minimum Gasteiger partial charge on any atom is -0.497 e. The van der Waals surface area contributed by atoms with Gasteiger partial charge in [0, 0.05) is 31.2 Å². The molecule has 27 heavy (non-hydrogen) atoms. The van der Waals surface area contributed by atoms with Crippen LogP contribution in [0.2, 0.25) is 0 Å². The summed E-state index contributed by atoms with van der Waals surface area (Å²) in [5.41, 5.74) is 2.23. The van der Waals surface area contributed by atoms with Gasteiger partial charge in [0.15, 0.2) is 0 Å². The molecule has 3 rings (SSSR count). The first-order valence-corrected chi connectivity index (χ1v) is 9.81. The van der Waals surface area contributed by atoms with Gasteiger partial charge in [-0.25, -0.2) is 0 Å². The number of likely N-dealkylation sites (N-methyl/N-ethyl adjacent to an activating group) is 1. The standard InChI is InChI=1S/C21H25BrN2O3/c1-23(13-16-3-9-19(26-2)10-4-16)21(25)15-24-11-12-27-20(14-24)17-5-7-18(22)8-6-17/h3-10,20H,11-15H2,1-2H3. The molecule has 0 N–H and O–H groups in total. The van der Waals surface area contributed by atoms with Crippen molar-refractivity contribution in [1.29, 1.82) is 0 Å². The smallest absolute Gasteiger partial charge is 0.236 e. The van der Waals surface area contributed by atoms with E-state index in [1.54, 1.807) is 12.0 Å². The van der Waals surface area contributed by atoms with E-state index >= 15 is 0 Å². The van der Waals surface area contributed by atoms with Gasteiger partial charge in [-0.3, -0.25) is 9.69 Å². The first-order chi connectivity index (χ1) is 13.0. The average Bonchev–Trinajstić information content (AvgIpc) is 2.69. The Bertz CT molecular complexity index is 749. The fraction of sp³-hybridized carbons (Fsp3) is 0.381. The highest BCUT2D eigenvalue weighted by Crippen LogP contribution is 2.24. The Morgan fingerprint density at radius 3 is 2.59 bits per heavy atom. The van der Waals surface area contributed by atoms with Crippen molar-refractivity contribution in [2.75, 3.05) is 40.4 Å². The summed E-state index contributed by atoms with van der Waals surface area (Å²) in [5, 5.41) is 0. The van der Waals surface area contributed by atoms with Gasteiger partial charge in [-0.1, -0.05) is 40.2 Å². The van der Waals surface area contributed by atoms with Crippen molar-refractivity contribution >= 4 is 21.8 Å². The van der Waals surface area contributed by atoms with Gasteiger partial charge >= 0.3 is 0 Å². The van der Waals surface area contributed by atoms with E-state index in [-0.39, 0.29) is 12.0 Å². The topological polar surface area (TPSA) is 42.0 Å². The fourth-order valence-electron chi connectivity index (χ4n) is 3.13. The third kappa shape index (κ3) is 5.54. The lowest BCUT2D eigenvalue weighted by Gasteiger charge is -2.33. The Labute approximate surface area is 169 Å². The first-order valence-electron chi connectivity index (χ1n) is 9.01. The minimum absolute atomic E-state index is 0.00606. The van der Waals surface area contributed by atoms with E-state index in [1.807, 2.05) is 43.4 Å². The zero-order valence-corrected chi connectivity index (χ0v) is 17.3. The van der Waals surface area contributed by atoms with Gasteiger partial charge in [-0.05, 0) is 35.4 Å². The van der Waals surface area contributed by atoms with Crippen molar-refractivity contribution in [1.82, 2.24) is 9.80 Å². The highest BCUT2D eigenvalue weighted by molar-refractivity contribution is 9.10. The van der Waals surface area contributed by atoms with Crippen LogP contribution in [0.3, 0.4) is 0 Å². The summed E-state index contributed by atoms with van der Waals surface area (Å²) in [6, 6.07) is 16.0. The summed E-state index contributed by atoms with van der Waals surface area (Å²) < 4.78 is 12.1. The molecule has 0 bridgehead atoms. The molecule has 2 aromatic rings. The number of halogens is 1. The second kappa shape index (κ2) is 9.35. The number of hydrogen-bond donors (Lipinski definition) is 0. The maximum absolute atomic E-state index is 12.6. The van der Waals surface area contributed by atoms with Crippen molar-refractivity contribution in [3.63, 3.8) is 0 Å². The van der Waals surface area contributed by atoms with Crippen molar-refractivity contribution in [2.24, 2.45) is 0 Å². The predicted octanol–water partition coefficient (Wildman–Crippen LogP) is 3.49. The highest BCUT2D eigenvalue weighted by atomic mass is 79.9. The van der Waals surface area contributed by atoms with Crippen LogP contribution in [0.15, 0.2) is 53.0 Å². The van der Waals surface area contributed by atoms with Crippen molar-refractivity contribution < 1.29 is 14.3 Å². The molecule has 1 fully saturated rings. The van der Waals surface area contributed by atoms with Gasteiger partial charge < -0.3 is 14.4 Å². The van der Waals surface area contributed by atoms with Crippen molar-refractivity contribution in [3.05, 3.63) is 64.1 Å². The first kappa shape index (κ1) is 19.9. The van der Waals surface area contributed by atoms with Gasteiger partial charge in [0.25, 0.3) is 0 Å². The number of rotatable bonds is 6. The fourth-order valence-corrected chi connectivity index (χ4v) is 3.39. The lowest BCUT2D eigenvalue weighted by Crippen LogP contribution is -2.44. The Morgan fingerprint density at radius 1 is 1.22 bits per heavy atom. The van der Waals surface area contributed by atoms with Crippen LogP contribution < -0.4 is 4.74 Å². The number of nitrogens with zero attached hydrogens (tertiary/aromatic N) is 2. The number of ether oxygens (including phenoxy) is 2. The number of methoxy groups -OCH3 is 1. The molecular weight excluding hydrogens is 408 g/mol. The number of carbonyl (C=O) groups is 1. The Kier molecular flexibility index (Phi) is 6.88. The number of morpholine rings is 1. The molecule has 5 nitrogen and oxygen atoms in total. The summed E-state index contributed by atoms with van der Waals surface area (Å²) in [6.45, 7) is 3.13. The van der Waals surface area contributed by atoms with E-state index in [9.17, 15) is 4.79 Å². The molecule has 1 atom stereocenters. The van der Waals surface area contributed by atoms with Gasteiger partial charge in [0.2, 0.25) is 5.91 Å². The van der Waals surface area contributed by atoms with E-state index < -0.39 is 0 Å². The summed E-state index contributed by atoms with van der Waals surface area (Å²) in [7, 11) is 3.49. The lowest BCUT2D eigenvalue weighted by atomic mass is 10.1. The SMILES string of the molecule is COc1ccc(CN(C)C(=O)CN2CCOC(c3ccc(Br)cc3)C2)cc1. The molecule has 0 aliphatic carbocycles. The molecule has 1 aliphatic rings. The van der Waals surface area contributed by atoms with Gasteiger partial charge in [-0.15, -0.1) is 0 Å². The summed E-state index contributed by atoms with van der Waals surface area (Å²) >= 11 is 3.46. The molecule has 0 aromatic heterocycles. The van der Waals surface area contributed by atoms with Crippen LogP contribution in [0.5, 0.6) is 5.75 Å². The van der Waals surface area contributed by atoms with E-state index in [0.717, 1.165) is 34.4 Å². The molecule has 1 amide bonds. The predicted molar refractivity (Wildman–Crippen MR) is 109 cm³/mol. The second-order valence-corrected chi connectivity index (χ2v) is 7.66. The molecule has 6 heteroatoms. The van der Waals surface area contributed by atoms with Crippen LogP contribution in [-0.2, 0) is 16.1 Å². The maximum Gasteiger partial charge on any atom is 0.236 e.